The number of ether oxygens (including phenoxy) is 1. The first kappa shape index (κ1) is 22.0. The van der Waals surface area contributed by atoms with Gasteiger partial charge in [0.15, 0.2) is 0 Å². The first-order chi connectivity index (χ1) is 13.9. The number of carbonyl (C=O) groups is 1. The molecule has 156 valence electrons. The first-order valence-electron chi connectivity index (χ1n) is 9.36. The molecule has 1 atom stereocenters. The lowest BCUT2D eigenvalue weighted by molar-refractivity contribution is 0.0544. The average Bonchev–Trinajstić information content (AvgIpc) is 2.88. The summed E-state index contributed by atoms with van der Waals surface area (Å²) in [5.41, 5.74) is 2.32. The second kappa shape index (κ2) is 9.85. The van der Waals surface area contributed by atoms with Gasteiger partial charge in [0, 0.05) is 49.3 Å². The molecule has 0 bridgehead atoms. The summed E-state index contributed by atoms with van der Waals surface area (Å²) in [6.07, 6.45) is 2.94. The fourth-order valence-corrected chi connectivity index (χ4v) is 4.07. The van der Waals surface area contributed by atoms with Gasteiger partial charge in [-0.3, -0.25) is 4.98 Å². The molecule has 0 saturated carbocycles. The normalized spacial score (nSPS) is 17.2. The number of halogens is 3. The number of amides is 2. The van der Waals surface area contributed by atoms with Crippen LogP contribution in [0.2, 0.25) is 15.1 Å². The molecule has 1 aromatic heterocycles. The molecule has 1 aromatic carbocycles. The standard InChI is InChI=1S/C20H23Cl3N4O2/c1-3-29-15-11-26(19-17(22)9-24-10-18(19)23)6-7-27(12-15)20(28)25-14-5-4-13(2)16(21)8-14/h4-5,8-10,15H,3,6-7,11-12H2,1-2H3,(H,25,28). The Bertz CT molecular complexity index is 861. The number of nitrogens with zero attached hydrogens (tertiary/aromatic N) is 3. The van der Waals surface area contributed by atoms with E-state index in [0.29, 0.717) is 59.2 Å². The Morgan fingerprint density at radius 2 is 1.90 bits per heavy atom. The van der Waals surface area contributed by atoms with Crippen LogP contribution in [0.25, 0.3) is 0 Å². The lowest BCUT2D eigenvalue weighted by Gasteiger charge is -2.27. The molecule has 6 nitrogen and oxygen atoms in total. The fourth-order valence-electron chi connectivity index (χ4n) is 3.28. The number of nitrogens with one attached hydrogen (secondary N) is 1. The van der Waals surface area contributed by atoms with E-state index in [-0.39, 0.29) is 12.1 Å². The maximum atomic E-state index is 12.9. The number of carbonyl (C=O) groups excluding carboxylic acids is 1. The van der Waals surface area contributed by atoms with Gasteiger partial charge in [-0.25, -0.2) is 4.79 Å². The Hall–Kier alpha value is -1.73. The van der Waals surface area contributed by atoms with Gasteiger partial charge in [0.1, 0.15) is 0 Å². The lowest BCUT2D eigenvalue weighted by Crippen LogP contribution is -2.41. The van der Waals surface area contributed by atoms with E-state index in [1.54, 1.807) is 23.4 Å². The summed E-state index contributed by atoms with van der Waals surface area (Å²) in [4.78, 5) is 20.7. The van der Waals surface area contributed by atoms with Gasteiger partial charge in [0.2, 0.25) is 0 Å². The minimum Gasteiger partial charge on any atom is -0.375 e. The third-order valence-electron chi connectivity index (χ3n) is 4.74. The molecule has 2 heterocycles. The highest BCUT2D eigenvalue weighted by Gasteiger charge is 2.28. The molecule has 1 saturated heterocycles. The minimum absolute atomic E-state index is 0.185. The van der Waals surface area contributed by atoms with Crippen molar-refractivity contribution in [3.05, 3.63) is 51.2 Å². The van der Waals surface area contributed by atoms with Crippen molar-refractivity contribution in [1.29, 1.82) is 0 Å². The Kier molecular flexibility index (Phi) is 7.46. The van der Waals surface area contributed by atoms with Crippen molar-refractivity contribution in [2.75, 3.05) is 43.0 Å². The van der Waals surface area contributed by atoms with E-state index < -0.39 is 0 Å². The van der Waals surface area contributed by atoms with E-state index in [2.05, 4.69) is 10.3 Å². The molecule has 1 unspecified atom stereocenters. The molecule has 2 amide bonds. The van der Waals surface area contributed by atoms with Gasteiger partial charge >= 0.3 is 6.03 Å². The van der Waals surface area contributed by atoms with Gasteiger partial charge in [-0.05, 0) is 31.5 Å². The monoisotopic (exact) mass is 456 g/mol. The van der Waals surface area contributed by atoms with E-state index in [9.17, 15) is 4.79 Å². The van der Waals surface area contributed by atoms with E-state index >= 15 is 0 Å². The van der Waals surface area contributed by atoms with Crippen LogP contribution >= 0.6 is 34.8 Å². The Morgan fingerprint density at radius 3 is 2.55 bits per heavy atom. The third-order valence-corrected chi connectivity index (χ3v) is 5.71. The smallest absolute Gasteiger partial charge is 0.321 e. The molecule has 0 aliphatic carbocycles. The number of benzene rings is 1. The van der Waals surface area contributed by atoms with Gasteiger partial charge < -0.3 is 19.9 Å². The summed E-state index contributed by atoms with van der Waals surface area (Å²) in [6.45, 7) is 6.46. The summed E-state index contributed by atoms with van der Waals surface area (Å²) in [5, 5.41) is 4.47. The molecule has 1 aliphatic rings. The maximum Gasteiger partial charge on any atom is 0.321 e. The van der Waals surface area contributed by atoms with Crippen molar-refractivity contribution in [3.8, 4) is 0 Å². The highest BCUT2D eigenvalue weighted by molar-refractivity contribution is 6.38. The van der Waals surface area contributed by atoms with Crippen LogP contribution in [-0.4, -0.2) is 54.8 Å². The van der Waals surface area contributed by atoms with Gasteiger partial charge in [-0.15, -0.1) is 0 Å². The Morgan fingerprint density at radius 1 is 1.17 bits per heavy atom. The Balaban J connectivity index is 1.77. The molecular weight excluding hydrogens is 435 g/mol. The van der Waals surface area contributed by atoms with Crippen molar-refractivity contribution < 1.29 is 9.53 Å². The molecule has 29 heavy (non-hydrogen) atoms. The van der Waals surface area contributed by atoms with Crippen molar-refractivity contribution in [1.82, 2.24) is 9.88 Å². The van der Waals surface area contributed by atoms with Gasteiger partial charge in [-0.2, -0.15) is 0 Å². The van der Waals surface area contributed by atoms with Crippen LogP contribution in [0.15, 0.2) is 30.6 Å². The van der Waals surface area contributed by atoms with Crippen molar-refractivity contribution in [2.45, 2.75) is 20.0 Å². The SMILES string of the molecule is CCOC1CN(C(=O)Nc2ccc(C)c(Cl)c2)CCN(c2c(Cl)cncc2Cl)C1. The summed E-state index contributed by atoms with van der Waals surface area (Å²) in [6, 6.07) is 5.25. The summed E-state index contributed by atoms with van der Waals surface area (Å²) >= 11 is 18.8. The molecule has 1 fully saturated rings. The predicted octanol–water partition coefficient (Wildman–Crippen LogP) is 5.11. The highest BCUT2D eigenvalue weighted by atomic mass is 35.5. The molecule has 3 rings (SSSR count). The number of anilines is 2. The number of hydrogen-bond acceptors (Lipinski definition) is 4. The molecular formula is C20H23Cl3N4O2. The zero-order valence-electron chi connectivity index (χ0n) is 16.3. The van der Waals surface area contributed by atoms with Crippen LogP contribution in [0.5, 0.6) is 0 Å². The van der Waals surface area contributed by atoms with Crippen LogP contribution in [0, 0.1) is 6.92 Å². The van der Waals surface area contributed by atoms with E-state index in [0.717, 1.165) is 5.56 Å². The average molecular weight is 458 g/mol. The summed E-state index contributed by atoms with van der Waals surface area (Å²) in [7, 11) is 0. The van der Waals surface area contributed by atoms with Crippen LogP contribution in [0.3, 0.4) is 0 Å². The van der Waals surface area contributed by atoms with Crippen molar-refractivity contribution in [2.24, 2.45) is 0 Å². The molecule has 0 spiro atoms. The topological polar surface area (TPSA) is 57.7 Å². The van der Waals surface area contributed by atoms with Crippen LogP contribution in [0.1, 0.15) is 12.5 Å². The van der Waals surface area contributed by atoms with Gasteiger partial charge in [0.25, 0.3) is 0 Å². The second-order valence-electron chi connectivity index (χ2n) is 6.82. The number of rotatable bonds is 4. The van der Waals surface area contributed by atoms with E-state index in [1.807, 2.05) is 30.9 Å². The molecule has 2 aromatic rings. The zero-order chi connectivity index (χ0) is 21.0. The number of aromatic nitrogens is 1. The fraction of sp³-hybridized carbons (Fsp3) is 0.400. The van der Waals surface area contributed by atoms with E-state index in [4.69, 9.17) is 39.5 Å². The van der Waals surface area contributed by atoms with Crippen LogP contribution in [0.4, 0.5) is 16.2 Å². The molecule has 1 N–H and O–H groups in total. The van der Waals surface area contributed by atoms with E-state index in [1.165, 1.54) is 0 Å². The van der Waals surface area contributed by atoms with Crippen LogP contribution < -0.4 is 10.2 Å². The number of hydrogen-bond donors (Lipinski definition) is 1. The largest absolute Gasteiger partial charge is 0.375 e. The zero-order valence-corrected chi connectivity index (χ0v) is 18.6. The lowest BCUT2D eigenvalue weighted by atomic mass is 10.2. The predicted molar refractivity (Wildman–Crippen MR) is 119 cm³/mol. The molecule has 9 heteroatoms. The first-order valence-corrected chi connectivity index (χ1v) is 10.5. The van der Waals surface area contributed by atoms with Crippen molar-refractivity contribution >= 4 is 52.2 Å². The second-order valence-corrected chi connectivity index (χ2v) is 8.04. The summed E-state index contributed by atoms with van der Waals surface area (Å²) in [5.74, 6) is 0. The number of aryl methyl sites for hydroxylation is 1. The minimum atomic E-state index is -0.205. The molecule has 1 aliphatic heterocycles. The van der Waals surface area contributed by atoms with Crippen molar-refractivity contribution in [3.63, 3.8) is 0 Å². The Labute approximate surface area is 185 Å². The van der Waals surface area contributed by atoms with Crippen LogP contribution in [-0.2, 0) is 4.74 Å². The van der Waals surface area contributed by atoms with Gasteiger partial charge in [-0.1, -0.05) is 40.9 Å². The molecule has 0 radical (unpaired) electrons. The number of urea groups is 1. The van der Waals surface area contributed by atoms with Gasteiger partial charge in [0.05, 0.1) is 28.4 Å². The maximum absolute atomic E-state index is 12.9. The summed E-state index contributed by atoms with van der Waals surface area (Å²) < 4.78 is 5.87. The quantitative estimate of drug-likeness (QED) is 0.693. The highest BCUT2D eigenvalue weighted by Crippen LogP contribution is 2.33. The third kappa shape index (κ3) is 5.45. The number of pyridine rings is 1.